The molecule has 1 saturated heterocycles. The Morgan fingerprint density at radius 1 is 1.65 bits per heavy atom. The summed E-state index contributed by atoms with van der Waals surface area (Å²) in [6.45, 7) is 4.71. The van der Waals surface area contributed by atoms with Crippen molar-refractivity contribution >= 4 is 18.3 Å². The molecule has 0 radical (unpaired) electrons. The first-order chi connectivity index (χ1) is 9.24. The summed E-state index contributed by atoms with van der Waals surface area (Å²) < 4.78 is 5.08. The van der Waals surface area contributed by atoms with Gasteiger partial charge in [-0.1, -0.05) is 13.0 Å². The van der Waals surface area contributed by atoms with Gasteiger partial charge in [-0.25, -0.2) is 0 Å². The van der Waals surface area contributed by atoms with Crippen LogP contribution < -0.4 is 5.32 Å². The van der Waals surface area contributed by atoms with Crippen LogP contribution in [0.15, 0.2) is 24.5 Å². The topological polar surface area (TPSA) is 54.5 Å². The SMILES string of the molecule is COCC(C)C(=O)N1CCNCC1c1cccnc1.Cl. The van der Waals surface area contributed by atoms with E-state index in [2.05, 4.69) is 10.3 Å². The molecule has 1 aliphatic rings. The Balaban J connectivity index is 0.00000200. The van der Waals surface area contributed by atoms with Crippen molar-refractivity contribution in [3.63, 3.8) is 0 Å². The highest BCUT2D eigenvalue weighted by atomic mass is 35.5. The van der Waals surface area contributed by atoms with Gasteiger partial charge >= 0.3 is 0 Å². The fourth-order valence-corrected chi connectivity index (χ4v) is 2.44. The molecule has 5 nitrogen and oxygen atoms in total. The number of aromatic nitrogens is 1. The van der Waals surface area contributed by atoms with E-state index in [1.807, 2.05) is 30.2 Å². The standard InChI is InChI=1S/C14H21N3O2.ClH/c1-11(10-19-2)14(18)17-7-6-16-9-13(17)12-4-3-5-15-8-12;/h3-5,8,11,13,16H,6-7,9-10H2,1-2H3;1H. The summed E-state index contributed by atoms with van der Waals surface area (Å²) in [4.78, 5) is 18.6. The number of hydrogen-bond acceptors (Lipinski definition) is 4. The highest BCUT2D eigenvalue weighted by molar-refractivity contribution is 5.85. The zero-order chi connectivity index (χ0) is 13.7. The van der Waals surface area contributed by atoms with E-state index in [1.54, 1.807) is 13.3 Å². The maximum atomic E-state index is 12.5. The molecule has 0 aliphatic carbocycles. The molecule has 1 N–H and O–H groups in total. The summed E-state index contributed by atoms with van der Waals surface area (Å²) in [6.07, 6.45) is 3.58. The average molecular weight is 300 g/mol. The largest absolute Gasteiger partial charge is 0.384 e. The van der Waals surface area contributed by atoms with Crippen LogP contribution in [0, 0.1) is 5.92 Å². The van der Waals surface area contributed by atoms with Crippen LogP contribution in [0.2, 0.25) is 0 Å². The maximum absolute atomic E-state index is 12.5. The summed E-state index contributed by atoms with van der Waals surface area (Å²) >= 11 is 0. The molecule has 2 heterocycles. The first-order valence-corrected chi connectivity index (χ1v) is 6.64. The van der Waals surface area contributed by atoms with Crippen LogP contribution in [0.4, 0.5) is 0 Å². The van der Waals surface area contributed by atoms with E-state index >= 15 is 0 Å². The predicted octanol–water partition coefficient (Wildman–Crippen LogP) is 1.26. The Labute approximate surface area is 126 Å². The smallest absolute Gasteiger partial charge is 0.228 e. The Morgan fingerprint density at radius 2 is 2.45 bits per heavy atom. The van der Waals surface area contributed by atoms with Crippen molar-refractivity contribution in [2.24, 2.45) is 5.92 Å². The van der Waals surface area contributed by atoms with Gasteiger partial charge in [0.15, 0.2) is 0 Å². The van der Waals surface area contributed by atoms with E-state index in [4.69, 9.17) is 4.74 Å². The van der Waals surface area contributed by atoms with Crippen LogP contribution in [0.25, 0.3) is 0 Å². The number of nitrogens with zero attached hydrogens (tertiary/aromatic N) is 2. The second-order valence-electron chi connectivity index (χ2n) is 4.89. The molecule has 2 unspecified atom stereocenters. The van der Waals surface area contributed by atoms with Crippen molar-refractivity contribution in [2.45, 2.75) is 13.0 Å². The van der Waals surface area contributed by atoms with Crippen molar-refractivity contribution < 1.29 is 9.53 Å². The predicted molar refractivity (Wildman–Crippen MR) is 79.8 cm³/mol. The molecule has 1 aromatic rings. The van der Waals surface area contributed by atoms with Gasteiger partial charge in [-0.05, 0) is 11.6 Å². The summed E-state index contributed by atoms with van der Waals surface area (Å²) in [7, 11) is 1.63. The minimum absolute atomic E-state index is 0. The van der Waals surface area contributed by atoms with E-state index in [9.17, 15) is 4.79 Å². The van der Waals surface area contributed by atoms with Gasteiger partial charge in [0.25, 0.3) is 0 Å². The van der Waals surface area contributed by atoms with E-state index in [0.717, 1.165) is 25.2 Å². The molecule has 0 bridgehead atoms. The lowest BCUT2D eigenvalue weighted by molar-refractivity contribution is -0.140. The van der Waals surface area contributed by atoms with E-state index in [0.29, 0.717) is 6.61 Å². The minimum atomic E-state index is -0.109. The van der Waals surface area contributed by atoms with Gasteiger partial charge < -0.3 is 15.0 Å². The summed E-state index contributed by atoms with van der Waals surface area (Å²) in [5.74, 6) is 0.0412. The van der Waals surface area contributed by atoms with Crippen molar-refractivity contribution in [3.05, 3.63) is 30.1 Å². The van der Waals surface area contributed by atoms with E-state index in [1.165, 1.54) is 0 Å². The number of halogens is 1. The quantitative estimate of drug-likeness (QED) is 0.909. The first-order valence-electron chi connectivity index (χ1n) is 6.64. The zero-order valence-corrected chi connectivity index (χ0v) is 12.7. The fraction of sp³-hybridized carbons (Fsp3) is 0.571. The minimum Gasteiger partial charge on any atom is -0.384 e. The molecule has 2 atom stereocenters. The molecule has 0 aromatic carbocycles. The van der Waals surface area contributed by atoms with Crippen LogP contribution in [-0.4, -0.2) is 49.1 Å². The fourth-order valence-electron chi connectivity index (χ4n) is 2.44. The molecular formula is C14H22ClN3O2. The van der Waals surface area contributed by atoms with Crippen molar-refractivity contribution in [1.29, 1.82) is 0 Å². The summed E-state index contributed by atoms with van der Waals surface area (Å²) in [5, 5.41) is 3.34. The second-order valence-corrected chi connectivity index (χ2v) is 4.89. The molecule has 0 spiro atoms. The number of carbonyl (C=O) groups excluding carboxylic acids is 1. The number of methoxy groups -OCH3 is 1. The number of nitrogens with one attached hydrogen (secondary N) is 1. The summed E-state index contributed by atoms with van der Waals surface area (Å²) in [5.41, 5.74) is 1.08. The molecule has 112 valence electrons. The van der Waals surface area contributed by atoms with Crippen LogP contribution in [0.3, 0.4) is 0 Å². The summed E-state index contributed by atoms with van der Waals surface area (Å²) in [6, 6.07) is 3.99. The molecular weight excluding hydrogens is 278 g/mol. The van der Waals surface area contributed by atoms with Crippen LogP contribution >= 0.6 is 12.4 Å². The van der Waals surface area contributed by atoms with Crippen LogP contribution in [0.1, 0.15) is 18.5 Å². The average Bonchev–Trinajstić information content (AvgIpc) is 2.47. The van der Waals surface area contributed by atoms with Crippen molar-refractivity contribution in [1.82, 2.24) is 15.2 Å². The monoisotopic (exact) mass is 299 g/mol. The molecule has 6 heteroatoms. The van der Waals surface area contributed by atoms with Gasteiger partial charge in [-0.2, -0.15) is 0 Å². The number of hydrogen-bond donors (Lipinski definition) is 1. The van der Waals surface area contributed by atoms with Gasteiger partial charge in [0.1, 0.15) is 0 Å². The number of pyridine rings is 1. The third-order valence-corrected chi connectivity index (χ3v) is 3.43. The molecule has 0 saturated carbocycles. The lowest BCUT2D eigenvalue weighted by Crippen LogP contribution is -2.50. The van der Waals surface area contributed by atoms with Gasteiger partial charge in [-0.15, -0.1) is 12.4 Å². The highest BCUT2D eigenvalue weighted by Crippen LogP contribution is 2.23. The molecule has 2 rings (SSSR count). The lowest BCUT2D eigenvalue weighted by Gasteiger charge is -2.37. The Kier molecular flexibility index (Phi) is 6.91. The van der Waals surface area contributed by atoms with Crippen LogP contribution in [-0.2, 0) is 9.53 Å². The molecule has 20 heavy (non-hydrogen) atoms. The Hall–Kier alpha value is -1.17. The van der Waals surface area contributed by atoms with Crippen LogP contribution in [0.5, 0.6) is 0 Å². The normalized spacial score (nSPS) is 20.1. The number of carbonyl (C=O) groups is 1. The Morgan fingerprint density at radius 3 is 3.10 bits per heavy atom. The molecule has 1 aromatic heterocycles. The molecule has 1 aliphatic heterocycles. The molecule has 1 fully saturated rings. The first kappa shape index (κ1) is 16.9. The molecule has 1 amide bonds. The van der Waals surface area contributed by atoms with E-state index < -0.39 is 0 Å². The third-order valence-electron chi connectivity index (χ3n) is 3.43. The second kappa shape index (κ2) is 8.19. The van der Waals surface area contributed by atoms with Gasteiger partial charge in [0, 0.05) is 39.1 Å². The van der Waals surface area contributed by atoms with Crippen molar-refractivity contribution in [3.8, 4) is 0 Å². The number of amides is 1. The Bertz CT molecular complexity index is 416. The third kappa shape index (κ3) is 3.91. The number of ether oxygens (including phenoxy) is 1. The maximum Gasteiger partial charge on any atom is 0.228 e. The van der Waals surface area contributed by atoms with Gasteiger partial charge in [0.2, 0.25) is 5.91 Å². The number of rotatable bonds is 4. The van der Waals surface area contributed by atoms with Gasteiger partial charge in [-0.3, -0.25) is 9.78 Å². The zero-order valence-electron chi connectivity index (χ0n) is 11.9. The number of piperazine rings is 1. The van der Waals surface area contributed by atoms with Gasteiger partial charge in [0.05, 0.1) is 18.6 Å². The van der Waals surface area contributed by atoms with E-state index in [-0.39, 0.29) is 30.3 Å². The van der Waals surface area contributed by atoms with Crippen molar-refractivity contribution in [2.75, 3.05) is 33.4 Å². The lowest BCUT2D eigenvalue weighted by atomic mass is 10.0. The highest BCUT2D eigenvalue weighted by Gasteiger charge is 2.30.